The zero-order valence-corrected chi connectivity index (χ0v) is 14.4. The van der Waals surface area contributed by atoms with E-state index < -0.39 is 0 Å². The summed E-state index contributed by atoms with van der Waals surface area (Å²) in [5.74, 6) is -0.675. The number of carbonyl (C=O) groups excluding carboxylic acids is 2. The van der Waals surface area contributed by atoms with Gasteiger partial charge in [0.2, 0.25) is 0 Å². The average molecular weight is 342 g/mol. The van der Waals surface area contributed by atoms with E-state index in [1.54, 1.807) is 0 Å². The molecule has 2 heterocycles. The lowest BCUT2D eigenvalue weighted by Crippen LogP contribution is -2.43. The molecule has 0 saturated carbocycles. The number of para-hydroxylation sites is 1. The summed E-state index contributed by atoms with van der Waals surface area (Å²) in [6, 6.07) is 10.0. The number of rotatable bonds is 6. The molecule has 0 aliphatic carbocycles. The van der Waals surface area contributed by atoms with Crippen molar-refractivity contribution in [3.05, 3.63) is 41.7 Å². The van der Waals surface area contributed by atoms with E-state index in [1.807, 2.05) is 44.3 Å². The number of aromatic nitrogens is 3. The Hall–Kier alpha value is -2.90. The van der Waals surface area contributed by atoms with Gasteiger partial charge in [0.15, 0.2) is 11.4 Å². The molecule has 2 aromatic rings. The number of anilines is 1. The van der Waals surface area contributed by atoms with Crippen LogP contribution in [0.1, 0.15) is 34.3 Å². The number of benzene rings is 1. The molecule has 2 N–H and O–H groups in total. The lowest BCUT2D eigenvalue weighted by molar-refractivity contribution is 0.0881. The monoisotopic (exact) mass is 342 g/mol. The maximum Gasteiger partial charge on any atom is 0.274 e. The summed E-state index contributed by atoms with van der Waals surface area (Å²) >= 11 is 0. The fraction of sp³-hybridized carbons (Fsp3) is 0.412. The van der Waals surface area contributed by atoms with Crippen molar-refractivity contribution < 1.29 is 9.59 Å². The maximum absolute atomic E-state index is 12.3. The third-order valence-electron chi connectivity index (χ3n) is 4.14. The van der Waals surface area contributed by atoms with Crippen LogP contribution in [0.3, 0.4) is 0 Å². The first-order valence-corrected chi connectivity index (χ1v) is 8.35. The lowest BCUT2D eigenvalue weighted by Gasteiger charge is -2.20. The molecule has 1 aromatic carbocycles. The van der Waals surface area contributed by atoms with Crippen molar-refractivity contribution in [2.45, 2.75) is 25.9 Å². The maximum atomic E-state index is 12.3. The van der Waals surface area contributed by atoms with Crippen LogP contribution in [0.15, 0.2) is 30.3 Å². The van der Waals surface area contributed by atoms with Crippen LogP contribution in [0, 0.1) is 0 Å². The Morgan fingerprint density at radius 3 is 2.92 bits per heavy atom. The van der Waals surface area contributed by atoms with E-state index in [0.29, 0.717) is 13.1 Å². The molecule has 8 nitrogen and oxygen atoms in total. The zero-order chi connectivity index (χ0) is 17.8. The minimum atomic E-state index is -0.367. The van der Waals surface area contributed by atoms with Crippen LogP contribution in [0.25, 0.3) is 0 Å². The second-order valence-corrected chi connectivity index (χ2v) is 6.21. The summed E-state index contributed by atoms with van der Waals surface area (Å²) in [7, 11) is 2.01. The second kappa shape index (κ2) is 7.33. The van der Waals surface area contributed by atoms with Crippen molar-refractivity contribution in [3.8, 4) is 0 Å². The molecule has 1 aliphatic heterocycles. The van der Waals surface area contributed by atoms with Crippen molar-refractivity contribution in [1.29, 1.82) is 0 Å². The molecule has 0 fully saturated rings. The van der Waals surface area contributed by atoms with Crippen molar-refractivity contribution in [2.75, 3.05) is 25.0 Å². The highest BCUT2D eigenvalue weighted by Gasteiger charge is 2.30. The highest BCUT2D eigenvalue weighted by atomic mass is 16.2. The van der Waals surface area contributed by atoms with Gasteiger partial charge in [-0.3, -0.25) is 9.59 Å². The second-order valence-electron chi connectivity index (χ2n) is 6.21. The van der Waals surface area contributed by atoms with E-state index in [4.69, 9.17) is 0 Å². The minimum absolute atomic E-state index is 0.0221. The molecule has 3 rings (SSSR count). The molecule has 25 heavy (non-hydrogen) atoms. The van der Waals surface area contributed by atoms with Crippen LogP contribution in [0.2, 0.25) is 0 Å². The Balaban J connectivity index is 1.52. The Bertz CT molecular complexity index is 758. The van der Waals surface area contributed by atoms with Crippen LogP contribution < -0.4 is 15.5 Å². The van der Waals surface area contributed by atoms with Gasteiger partial charge in [-0.25, -0.2) is 4.68 Å². The molecule has 0 bridgehead atoms. The minimum Gasteiger partial charge on any atom is -0.375 e. The van der Waals surface area contributed by atoms with Crippen LogP contribution in [-0.2, 0) is 6.54 Å². The van der Waals surface area contributed by atoms with Crippen LogP contribution in [0.5, 0.6) is 0 Å². The molecular weight excluding hydrogens is 320 g/mol. The summed E-state index contributed by atoms with van der Waals surface area (Å²) in [6.07, 6.45) is 0.782. The molecule has 1 aromatic heterocycles. The van der Waals surface area contributed by atoms with Crippen LogP contribution in [-0.4, -0.2) is 53.0 Å². The topological polar surface area (TPSA) is 92.2 Å². The molecule has 1 aliphatic rings. The first-order chi connectivity index (χ1) is 12.1. The number of amides is 2. The predicted molar refractivity (Wildman–Crippen MR) is 93.6 cm³/mol. The van der Waals surface area contributed by atoms with Crippen molar-refractivity contribution >= 4 is 17.5 Å². The molecule has 1 unspecified atom stereocenters. The molecular formula is C17H22N6O2. The highest BCUT2D eigenvalue weighted by molar-refractivity contribution is 6.05. The summed E-state index contributed by atoms with van der Waals surface area (Å²) in [5.41, 5.74) is 1.45. The fourth-order valence-electron chi connectivity index (χ4n) is 2.83. The number of nitrogens with zero attached hydrogens (tertiary/aromatic N) is 4. The van der Waals surface area contributed by atoms with Gasteiger partial charge in [-0.2, -0.15) is 0 Å². The van der Waals surface area contributed by atoms with Gasteiger partial charge in [0.25, 0.3) is 11.8 Å². The summed E-state index contributed by atoms with van der Waals surface area (Å²) in [4.78, 5) is 26.5. The zero-order valence-electron chi connectivity index (χ0n) is 14.4. The third kappa shape index (κ3) is 3.78. The third-order valence-corrected chi connectivity index (χ3v) is 4.14. The molecule has 0 spiro atoms. The van der Waals surface area contributed by atoms with Gasteiger partial charge in [0.1, 0.15) is 0 Å². The average Bonchev–Trinajstić information content (AvgIpc) is 3.03. The molecule has 2 amide bonds. The van der Waals surface area contributed by atoms with Crippen molar-refractivity contribution in [2.24, 2.45) is 0 Å². The van der Waals surface area contributed by atoms with Gasteiger partial charge in [-0.05, 0) is 25.5 Å². The normalized spacial score (nSPS) is 16.1. The van der Waals surface area contributed by atoms with Crippen molar-refractivity contribution in [3.63, 3.8) is 0 Å². The van der Waals surface area contributed by atoms with Gasteiger partial charge in [0, 0.05) is 31.9 Å². The molecule has 132 valence electrons. The lowest BCUT2D eigenvalue weighted by atomic mass is 10.2. The number of nitrogens with one attached hydrogen (secondary N) is 2. The highest BCUT2D eigenvalue weighted by Crippen LogP contribution is 2.12. The first-order valence-electron chi connectivity index (χ1n) is 8.35. The fourth-order valence-corrected chi connectivity index (χ4v) is 2.83. The number of hydrogen-bond donors (Lipinski definition) is 2. The predicted octanol–water partition coefficient (Wildman–Crippen LogP) is 0.666. The molecule has 0 saturated heterocycles. The molecule has 0 radical (unpaired) electrons. The van der Waals surface area contributed by atoms with E-state index in [1.165, 1.54) is 4.68 Å². The van der Waals surface area contributed by atoms with Crippen molar-refractivity contribution in [1.82, 2.24) is 25.6 Å². The van der Waals surface area contributed by atoms with E-state index in [-0.39, 0.29) is 29.2 Å². The quantitative estimate of drug-likeness (QED) is 0.753. The Morgan fingerprint density at radius 2 is 2.16 bits per heavy atom. The number of hydrogen-bond acceptors (Lipinski definition) is 5. The van der Waals surface area contributed by atoms with Gasteiger partial charge >= 0.3 is 0 Å². The number of carbonyl (C=O) groups is 2. The smallest absolute Gasteiger partial charge is 0.274 e. The number of fused-ring (bicyclic) bond motifs is 1. The van der Waals surface area contributed by atoms with Crippen LogP contribution in [0.4, 0.5) is 5.69 Å². The van der Waals surface area contributed by atoms with Gasteiger partial charge in [0.05, 0.1) is 6.54 Å². The summed E-state index contributed by atoms with van der Waals surface area (Å²) < 4.78 is 1.49. The molecule has 8 heteroatoms. The van der Waals surface area contributed by atoms with Crippen LogP contribution >= 0.6 is 0 Å². The first kappa shape index (κ1) is 16.9. The van der Waals surface area contributed by atoms with Gasteiger partial charge in [-0.15, -0.1) is 5.10 Å². The Labute approximate surface area is 146 Å². The Morgan fingerprint density at radius 1 is 1.40 bits per heavy atom. The van der Waals surface area contributed by atoms with Gasteiger partial charge in [-0.1, -0.05) is 23.4 Å². The summed E-state index contributed by atoms with van der Waals surface area (Å²) in [6.45, 7) is 3.71. The largest absolute Gasteiger partial charge is 0.375 e. The van der Waals surface area contributed by atoms with Gasteiger partial charge < -0.3 is 15.5 Å². The van der Waals surface area contributed by atoms with E-state index in [0.717, 1.165) is 18.7 Å². The standard InChI is InChI=1S/C17H22N6O2/c1-12-11-23-15(17(25)19-12)14(20-21-23)16(24)18-9-6-10-22(2)13-7-4-3-5-8-13/h3-5,7-8,12H,6,9-11H2,1-2H3,(H,18,24)(H,19,25). The van der Waals surface area contributed by atoms with E-state index >= 15 is 0 Å². The SMILES string of the molecule is CC1Cn2nnc(C(=O)NCCCN(C)c3ccccc3)c2C(=O)N1. The van der Waals surface area contributed by atoms with E-state index in [2.05, 4.69) is 25.8 Å². The van der Waals surface area contributed by atoms with E-state index in [9.17, 15) is 9.59 Å². The summed E-state index contributed by atoms with van der Waals surface area (Å²) in [5, 5.41) is 13.4. The Kier molecular flexibility index (Phi) is 4.97. The molecule has 1 atom stereocenters.